The van der Waals surface area contributed by atoms with Crippen LogP contribution in [0.25, 0.3) is 0 Å². The molecule has 144 valence electrons. The van der Waals surface area contributed by atoms with Gasteiger partial charge in [0.05, 0.1) is 0 Å². The molecule has 0 aromatic rings. The quantitative estimate of drug-likeness (QED) is 0.760. The maximum atomic E-state index is 12.8. The van der Waals surface area contributed by atoms with Crippen molar-refractivity contribution in [1.29, 1.82) is 0 Å². The summed E-state index contributed by atoms with van der Waals surface area (Å²) < 4.78 is 0. The molecular weight excluding hydrogens is 314 g/mol. The van der Waals surface area contributed by atoms with Gasteiger partial charge in [0.1, 0.15) is 0 Å². The summed E-state index contributed by atoms with van der Waals surface area (Å²) in [4.78, 5) is 19.9. The number of piperazine rings is 1. The molecular formula is C20H37N3O2. The molecule has 0 aromatic heterocycles. The molecule has 3 aliphatic rings. The Balaban J connectivity index is 1.45. The van der Waals surface area contributed by atoms with Crippen molar-refractivity contribution >= 4 is 5.91 Å². The van der Waals surface area contributed by atoms with Crippen molar-refractivity contribution < 1.29 is 9.90 Å². The van der Waals surface area contributed by atoms with Crippen molar-refractivity contribution in [3.05, 3.63) is 0 Å². The molecule has 5 heteroatoms. The predicted molar refractivity (Wildman–Crippen MR) is 100 cm³/mol. The highest BCUT2D eigenvalue weighted by Gasteiger charge is 2.34. The van der Waals surface area contributed by atoms with Crippen molar-refractivity contribution in [3.8, 4) is 0 Å². The Morgan fingerprint density at radius 2 is 1.76 bits per heavy atom. The van der Waals surface area contributed by atoms with Gasteiger partial charge >= 0.3 is 0 Å². The Morgan fingerprint density at radius 3 is 2.36 bits per heavy atom. The highest BCUT2D eigenvalue weighted by atomic mass is 16.3. The number of carbonyl (C=O) groups excluding carboxylic acids is 1. The topological polar surface area (TPSA) is 47.0 Å². The van der Waals surface area contributed by atoms with E-state index in [0.29, 0.717) is 23.9 Å². The zero-order valence-corrected chi connectivity index (χ0v) is 16.2. The first-order chi connectivity index (χ1) is 12.1. The average Bonchev–Trinajstić information content (AvgIpc) is 3.41. The van der Waals surface area contributed by atoms with E-state index in [-0.39, 0.29) is 6.61 Å². The molecule has 1 amide bonds. The normalized spacial score (nSPS) is 27.2. The van der Waals surface area contributed by atoms with E-state index in [0.717, 1.165) is 64.3 Å². The van der Waals surface area contributed by atoms with Crippen molar-refractivity contribution in [2.75, 3.05) is 45.9 Å². The van der Waals surface area contributed by atoms with Crippen LogP contribution in [0, 0.1) is 11.8 Å². The van der Waals surface area contributed by atoms with Crippen LogP contribution in [-0.2, 0) is 4.79 Å². The number of hydrogen-bond donors (Lipinski definition) is 1. The molecule has 1 N–H and O–H groups in total. The van der Waals surface area contributed by atoms with E-state index in [4.69, 9.17) is 0 Å². The Kier molecular flexibility index (Phi) is 6.75. The number of amides is 1. The summed E-state index contributed by atoms with van der Waals surface area (Å²) in [6, 6.07) is 0.974. The summed E-state index contributed by atoms with van der Waals surface area (Å²) in [5.74, 6) is 1.77. The maximum absolute atomic E-state index is 12.8. The fourth-order valence-corrected chi connectivity index (χ4v) is 4.46. The van der Waals surface area contributed by atoms with Crippen LogP contribution in [0.1, 0.15) is 52.4 Å². The van der Waals surface area contributed by atoms with Crippen LogP contribution in [0.5, 0.6) is 0 Å². The average molecular weight is 352 g/mol. The van der Waals surface area contributed by atoms with E-state index in [1.165, 1.54) is 19.4 Å². The van der Waals surface area contributed by atoms with Crippen molar-refractivity contribution in [2.45, 2.75) is 64.5 Å². The minimum absolute atomic E-state index is 0.224. The van der Waals surface area contributed by atoms with Crippen LogP contribution in [0.4, 0.5) is 0 Å². The van der Waals surface area contributed by atoms with Gasteiger partial charge in [-0.3, -0.25) is 9.69 Å². The molecule has 0 bridgehead atoms. The third kappa shape index (κ3) is 5.41. The number of likely N-dealkylation sites (tertiary alicyclic amines) is 1. The van der Waals surface area contributed by atoms with Gasteiger partial charge in [-0.15, -0.1) is 0 Å². The Bertz CT molecular complexity index is 431. The van der Waals surface area contributed by atoms with Crippen molar-refractivity contribution in [2.24, 2.45) is 11.8 Å². The van der Waals surface area contributed by atoms with E-state index >= 15 is 0 Å². The molecule has 0 radical (unpaired) electrons. The SMILES string of the molecule is CC(C)N1CCC(CC(=O)N2CCN(CC3CC3)C(CCO)C2)CC1. The predicted octanol–water partition coefficient (Wildman–Crippen LogP) is 1.80. The van der Waals surface area contributed by atoms with Gasteiger partial charge in [-0.25, -0.2) is 0 Å². The Labute approximate surface area is 153 Å². The molecule has 0 spiro atoms. The van der Waals surface area contributed by atoms with E-state index in [9.17, 15) is 9.90 Å². The molecule has 2 aliphatic heterocycles. The number of aliphatic hydroxyl groups excluding tert-OH is 1. The minimum Gasteiger partial charge on any atom is -0.396 e. The zero-order valence-electron chi connectivity index (χ0n) is 16.2. The number of carbonyl (C=O) groups is 1. The molecule has 1 unspecified atom stereocenters. The fourth-order valence-electron chi connectivity index (χ4n) is 4.46. The summed E-state index contributed by atoms with van der Waals surface area (Å²) in [6.07, 6.45) is 6.56. The maximum Gasteiger partial charge on any atom is 0.222 e. The van der Waals surface area contributed by atoms with E-state index in [2.05, 4.69) is 28.5 Å². The van der Waals surface area contributed by atoms with Gasteiger partial charge in [0.25, 0.3) is 0 Å². The first kappa shape index (κ1) is 19.1. The van der Waals surface area contributed by atoms with Crippen LogP contribution >= 0.6 is 0 Å². The van der Waals surface area contributed by atoms with Crippen LogP contribution in [0.2, 0.25) is 0 Å². The van der Waals surface area contributed by atoms with Gasteiger partial charge < -0.3 is 14.9 Å². The molecule has 2 heterocycles. The molecule has 1 atom stereocenters. The van der Waals surface area contributed by atoms with E-state index < -0.39 is 0 Å². The molecule has 1 saturated carbocycles. The molecule has 5 nitrogen and oxygen atoms in total. The number of hydrogen-bond acceptors (Lipinski definition) is 4. The standard InChI is InChI=1S/C20H37N3O2/c1-16(2)21-8-5-17(6-9-21)13-20(25)23-11-10-22(14-18-3-4-18)19(15-23)7-12-24/h16-19,24H,3-15H2,1-2H3. The molecule has 3 fully saturated rings. The van der Waals surface area contributed by atoms with Crippen LogP contribution < -0.4 is 0 Å². The third-order valence-electron chi connectivity index (χ3n) is 6.45. The summed E-state index contributed by atoms with van der Waals surface area (Å²) in [6.45, 7) is 10.9. The summed E-state index contributed by atoms with van der Waals surface area (Å²) >= 11 is 0. The molecule has 0 aromatic carbocycles. The first-order valence-corrected chi connectivity index (χ1v) is 10.4. The van der Waals surface area contributed by atoms with E-state index in [1.807, 2.05) is 0 Å². The Hall–Kier alpha value is -0.650. The Morgan fingerprint density at radius 1 is 1.04 bits per heavy atom. The smallest absolute Gasteiger partial charge is 0.222 e. The number of rotatable bonds is 7. The van der Waals surface area contributed by atoms with Gasteiger partial charge in [0, 0.05) is 51.3 Å². The van der Waals surface area contributed by atoms with Crippen LogP contribution in [-0.4, -0.2) is 83.7 Å². The largest absolute Gasteiger partial charge is 0.396 e. The van der Waals surface area contributed by atoms with Gasteiger partial charge in [0.15, 0.2) is 0 Å². The number of nitrogens with zero attached hydrogens (tertiary/aromatic N) is 3. The van der Waals surface area contributed by atoms with Crippen LogP contribution in [0.15, 0.2) is 0 Å². The lowest BCUT2D eigenvalue weighted by atomic mass is 9.92. The summed E-state index contributed by atoms with van der Waals surface area (Å²) in [7, 11) is 0. The lowest BCUT2D eigenvalue weighted by Gasteiger charge is -2.42. The van der Waals surface area contributed by atoms with Gasteiger partial charge in [-0.05, 0) is 70.9 Å². The molecule has 25 heavy (non-hydrogen) atoms. The van der Waals surface area contributed by atoms with Crippen LogP contribution in [0.3, 0.4) is 0 Å². The second-order valence-corrected chi connectivity index (χ2v) is 8.72. The molecule has 3 rings (SSSR count). The van der Waals surface area contributed by atoms with Gasteiger partial charge in [-0.1, -0.05) is 0 Å². The number of aliphatic hydroxyl groups is 1. The fraction of sp³-hybridized carbons (Fsp3) is 0.950. The monoisotopic (exact) mass is 351 g/mol. The highest BCUT2D eigenvalue weighted by molar-refractivity contribution is 5.76. The van der Waals surface area contributed by atoms with Crippen molar-refractivity contribution in [1.82, 2.24) is 14.7 Å². The molecule has 2 saturated heterocycles. The van der Waals surface area contributed by atoms with Gasteiger partial charge in [-0.2, -0.15) is 0 Å². The van der Waals surface area contributed by atoms with E-state index in [1.54, 1.807) is 0 Å². The number of piperidine rings is 1. The lowest BCUT2D eigenvalue weighted by molar-refractivity contribution is -0.136. The highest BCUT2D eigenvalue weighted by Crippen LogP contribution is 2.31. The third-order valence-corrected chi connectivity index (χ3v) is 6.45. The summed E-state index contributed by atoms with van der Waals surface area (Å²) in [5, 5.41) is 9.41. The second kappa shape index (κ2) is 8.83. The second-order valence-electron chi connectivity index (χ2n) is 8.72. The lowest BCUT2D eigenvalue weighted by Crippen LogP contribution is -2.55. The zero-order chi connectivity index (χ0) is 17.8. The first-order valence-electron chi connectivity index (χ1n) is 10.4. The molecule has 1 aliphatic carbocycles. The van der Waals surface area contributed by atoms with Gasteiger partial charge in [0.2, 0.25) is 5.91 Å². The summed E-state index contributed by atoms with van der Waals surface area (Å²) in [5.41, 5.74) is 0. The minimum atomic E-state index is 0.224. The van der Waals surface area contributed by atoms with Crippen molar-refractivity contribution in [3.63, 3.8) is 0 Å².